The Kier molecular flexibility index (Phi) is 2.32. The van der Waals surface area contributed by atoms with Crippen LogP contribution in [0.3, 0.4) is 0 Å². The van der Waals surface area contributed by atoms with E-state index in [1.807, 2.05) is 0 Å². The van der Waals surface area contributed by atoms with Gasteiger partial charge in [-0.1, -0.05) is 0 Å². The number of ether oxygens (including phenoxy) is 1. The molecule has 0 aromatic rings. The van der Waals surface area contributed by atoms with E-state index in [1.54, 1.807) is 0 Å². The minimum atomic E-state index is -6.10. The molecule has 0 aliphatic carbocycles. The molecule has 16 heavy (non-hydrogen) atoms. The minimum Gasteiger partial charge on any atom is -0.289 e. The van der Waals surface area contributed by atoms with Gasteiger partial charge >= 0.3 is 24.1 Å². The number of hydrogen-bond acceptors (Lipinski definition) is 1. The van der Waals surface area contributed by atoms with Gasteiger partial charge in [0.25, 0.3) is 5.67 Å². The van der Waals surface area contributed by atoms with Gasteiger partial charge in [0.1, 0.15) is 0 Å². The number of hydrogen-bond donors (Lipinski definition) is 0. The van der Waals surface area contributed by atoms with Crippen LogP contribution in [0, 0.1) is 0 Å². The van der Waals surface area contributed by atoms with Crippen LogP contribution in [0.2, 0.25) is 0 Å². The van der Waals surface area contributed by atoms with Crippen LogP contribution in [0.25, 0.3) is 0 Å². The Hall–Kier alpha value is -0.670. The lowest BCUT2D eigenvalue weighted by Gasteiger charge is -2.25. The molecule has 1 aliphatic rings. The molecule has 1 saturated heterocycles. The fourth-order valence-electron chi connectivity index (χ4n) is 0.989. The maximum absolute atomic E-state index is 12.9. The number of epoxide rings is 1. The molecule has 1 heterocycles. The predicted octanol–water partition coefficient (Wildman–Crippen LogP) is 3.20. The van der Waals surface area contributed by atoms with Crippen molar-refractivity contribution in [2.75, 3.05) is 0 Å². The van der Waals surface area contributed by atoms with Crippen molar-refractivity contribution in [3.63, 3.8) is 0 Å². The van der Waals surface area contributed by atoms with Crippen molar-refractivity contribution >= 4 is 0 Å². The van der Waals surface area contributed by atoms with Crippen molar-refractivity contribution < 1.29 is 44.3 Å². The molecule has 0 bridgehead atoms. The van der Waals surface area contributed by atoms with Gasteiger partial charge in [0, 0.05) is 0 Å². The molecule has 3 atom stereocenters. The highest BCUT2D eigenvalue weighted by Gasteiger charge is 2.97. The van der Waals surface area contributed by atoms with E-state index in [0.29, 0.717) is 0 Å². The smallest absolute Gasteiger partial charge is 0.289 e. The summed E-state index contributed by atoms with van der Waals surface area (Å²) in [5.74, 6) is -10.4. The number of alkyl halides is 9. The van der Waals surface area contributed by atoms with Crippen molar-refractivity contribution in [3.05, 3.63) is 0 Å². The van der Waals surface area contributed by atoms with Crippen LogP contribution in [0.4, 0.5) is 39.5 Å². The molecule has 3 unspecified atom stereocenters. The maximum Gasteiger partial charge on any atom is 0.454 e. The van der Waals surface area contributed by atoms with Gasteiger partial charge in [0.05, 0.1) is 0 Å². The standard InChI is InChI=1S/C6H3F9O/c1-2(7,5(10,11)12)3(8)4(9,16-3)6(13,14)15/h1H3. The van der Waals surface area contributed by atoms with Gasteiger partial charge in [-0.25, -0.2) is 8.78 Å². The van der Waals surface area contributed by atoms with Crippen molar-refractivity contribution in [1.82, 2.24) is 0 Å². The zero-order valence-electron chi connectivity index (χ0n) is 7.31. The van der Waals surface area contributed by atoms with E-state index in [9.17, 15) is 39.5 Å². The van der Waals surface area contributed by atoms with Gasteiger partial charge < -0.3 is 0 Å². The van der Waals surface area contributed by atoms with E-state index in [-0.39, 0.29) is 0 Å². The summed E-state index contributed by atoms with van der Waals surface area (Å²) in [4.78, 5) is 0. The molecular weight excluding hydrogens is 259 g/mol. The second-order valence-electron chi connectivity index (χ2n) is 3.29. The van der Waals surface area contributed by atoms with E-state index in [0.717, 1.165) is 0 Å². The van der Waals surface area contributed by atoms with Crippen molar-refractivity contribution in [3.8, 4) is 0 Å². The van der Waals surface area contributed by atoms with Crippen LogP contribution >= 0.6 is 0 Å². The molecule has 10 heteroatoms. The molecule has 0 aromatic heterocycles. The second-order valence-corrected chi connectivity index (χ2v) is 3.29. The minimum absolute atomic E-state index is 0.569. The lowest BCUT2D eigenvalue weighted by atomic mass is 9.97. The van der Waals surface area contributed by atoms with Crippen LogP contribution in [0.1, 0.15) is 6.92 Å². The zero-order chi connectivity index (χ0) is 13.2. The molecular formula is C6H3F9O. The first-order valence-electron chi connectivity index (χ1n) is 3.61. The highest BCUT2D eigenvalue weighted by molar-refractivity contribution is 5.18. The third kappa shape index (κ3) is 1.31. The summed E-state index contributed by atoms with van der Waals surface area (Å²) in [5, 5.41) is 0. The molecule has 96 valence electrons. The third-order valence-corrected chi connectivity index (χ3v) is 2.15. The van der Waals surface area contributed by atoms with Gasteiger partial charge in [0.15, 0.2) is 0 Å². The van der Waals surface area contributed by atoms with Crippen LogP contribution in [0.15, 0.2) is 0 Å². The highest BCUT2D eigenvalue weighted by atomic mass is 19.4. The van der Waals surface area contributed by atoms with Crippen LogP contribution < -0.4 is 0 Å². The summed E-state index contributed by atoms with van der Waals surface area (Å²) in [6.45, 7) is -0.569. The van der Waals surface area contributed by atoms with Gasteiger partial charge in [-0.05, 0) is 6.92 Å². The van der Waals surface area contributed by atoms with E-state index in [4.69, 9.17) is 0 Å². The lowest BCUT2D eigenvalue weighted by molar-refractivity contribution is -0.275. The van der Waals surface area contributed by atoms with Crippen molar-refractivity contribution in [1.29, 1.82) is 0 Å². The normalized spacial score (nSPS) is 39.4. The Labute approximate surface area is 82.2 Å². The summed E-state index contributed by atoms with van der Waals surface area (Å²) >= 11 is 0. The van der Waals surface area contributed by atoms with E-state index in [1.165, 1.54) is 0 Å². The van der Waals surface area contributed by atoms with Crippen LogP contribution in [-0.4, -0.2) is 29.7 Å². The summed E-state index contributed by atoms with van der Waals surface area (Å²) in [7, 11) is 0. The summed E-state index contributed by atoms with van der Waals surface area (Å²) in [6.07, 6.45) is -12.1. The molecule has 1 aliphatic heterocycles. The fourth-order valence-corrected chi connectivity index (χ4v) is 0.989. The molecule has 1 nitrogen and oxygen atoms in total. The SMILES string of the molecule is CC(F)(C(F)(F)F)C1(F)OC1(F)C(F)(F)F. The molecule has 0 spiro atoms. The Morgan fingerprint density at radius 3 is 1.38 bits per heavy atom. The summed E-state index contributed by atoms with van der Waals surface area (Å²) < 4.78 is 112. The van der Waals surface area contributed by atoms with Crippen molar-refractivity contribution in [2.45, 2.75) is 36.7 Å². The topological polar surface area (TPSA) is 12.5 Å². The third-order valence-electron chi connectivity index (χ3n) is 2.15. The zero-order valence-corrected chi connectivity index (χ0v) is 7.31. The monoisotopic (exact) mass is 262 g/mol. The van der Waals surface area contributed by atoms with Gasteiger partial charge in [-0.15, -0.1) is 0 Å². The average Bonchev–Trinajstić information content (AvgIpc) is 2.54. The first-order chi connectivity index (χ1) is 6.71. The predicted molar refractivity (Wildman–Crippen MR) is 30.4 cm³/mol. The Bertz CT molecular complexity index is 304. The van der Waals surface area contributed by atoms with E-state index >= 15 is 0 Å². The molecule has 1 rings (SSSR count). The Morgan fingerprint density at radius 2 is 1.19 bits per heavy atom. The quantitative estimate of drug-likeness (QED) is 0.522. The van der Waals surface area contributed by atoms with Crippen LogP contribution in [0.5, 0.6) is 0 Å². The van der Waals surface area contributed by atoms with Gasteiger partial charge in [-0.3, -0.25) is 4.74 Å². The van der Waals surface area contributed by atoms with Gasteiger partial charge in [-0.2, -0.15) is 30.7 Å². The molecule has 0 saturated carbocycles. The second kappa shape index (κ2) is 2.77. The first kappa shape index (κ1) is 13.4. The summed E-state index contributed by atoms with van der Waals surface area (Å²) in [5.41, 5.74) is -5.11. The molecule has 0 N–H and O–H groups in total. The fraction of sp³-hybridized carbons (Fsp3) is 1.00. The molecule has 0 radical (unpaired) electrons. The first-order valence-corrected chi connectivity index (χ1v) is 3.61. The largest absolute Gasteiger partial charge is 0.454 e. The molecule has 0 amide bonds. The molecule has 0 aromatic carbocycles. The number of halogens is 9. The maximum atomic E-state index is 12.9. The average molecular weight is 262 g/mol. The van der Waals surface area contributed by atoms with Gasteiger partial charge in [0.2, 0.25) is 0 Å². The lowest BCUT2D eigenvalue weighted by Crippen LogP contribution is -2.54. The Balaban J connectivity index is 3.11. The number of rotatable bonds is 1. The van der Waals surface area contributed by atoms with E-state index in [2.05, 4.69) is 4.74 Å². The van der Waals surface area contributed by atoms with Crippen molar-refractivity contribution in [2.24, 2.45) is 0 Å². The highest BCUT2D eigenvalue weighted by Crippen LogP contribution is 2.67. The van der Waals surface area contributed by atoms with Crippen LogP contribution in [-0.2, 0) is 4.74 Å². The Morgan fingerprint density at radius 1 is 0.812 bits per heavy atom. The summed E-state index contributed by atoms with van der Waals surface area (Å²) in [6, 6.07) is 0. The van der Waals surface area contributed by atoms with E-state index < -0.39 is 36.7 Å². The molecule has 1 fully saturated rings.